The number of hydrogen-bond donors (Lipinski definition) is 0. The normalized spacial score (nSPS) is 12.4. The molecule has 1 unspecified atom stereocenters. The molecule has 0 aromatic heterocycles. The van der Waals surface area contributed by atoms with E-state index in [2.05, 4.69) is 15.9 Å². The number of halogens is 4. The number of rotatable bonds is 4. The highest BCUT2D eigenvalue weighted by atomic mass is 79.9. The smallest absolute Gasteiger partial charge is 0.127 e. The first kappa shape index (κ1) is 14.8. The Kier molecular flexibility index (Phi) is 5.26. The lowest BCUT2D eigenvalue weighted by molar-refractivity contribution is 0.599. The van der Waals surface area contributed by atoms with Crippen molar-refractivity contribution in [3.63, 3.8) is 0 Å². The van der Waals surface area contributed by atoms with Gasteiger partial charge in [0.25, 0.3) is 0 Å². The Labute approximate surface area is 130 Å². The van der Waals surface area contributed by atoms with Gasteiger partial charge in [0, 0.05) is 15.4 Å². The molecule has 19 heavy (non-hydrogen) atoms. The van der Waals surface area contributed by atoms with E-state index in [4.69, 9.17) is 23.2 Å². The molecule has 4 heteroatoms. The van der Waals surface area contributed by atoms with Crippen LogP contribution in [-0.2, 0) is 6.42 Å². The van der Waals surface area contributed by atoms with Gasteiger partial charge in [0.15, 0.2) is 0 Å². The van der Waals surface area contributed by atoms with Crippen molar-refractivity contribution in [1.82, 2.24) is 0 Å². The molecule has 0 aliphatic heterocycles. The highest BCUT2D eigenvalue weighted by Gasteiger charge is 2.16. The maximum absolute atomic E-state index is 13.8. The zero-order chi connectivity index (χ0) is 13.8. The lowest BCUT2D eigenvalue weighted by atomic mass is 9.93. The third kappa shape index (κ3) is 3.71. The fourth-order valence-electron chi connectivity index (χ4n) is 2.01. The van der Waals surface area contributed by atoms with Crippen LogP contribution >= 0.6 is 39.1 Å². The standard InChI is InChI=1S/C15H12BrCl2F/c16-9-11(13-3-1-2-4-14(13)18)7-10-5-6-12(17)8-15(10)19/h1-6,8,11H,7,9H2. The highest BCUT2D eigenvalue weighted by Crippen LogP contribution is 2.30. The van der Waals surface area contributed by atoms with Gasteiger partial charge >= 0.3 is 0 Å². The van der Waals surface area contributed by atoms with Gasteiger partial charge in [-0.2, -0.15) is 0 Å². The van der Waals surface area contributed by atoms with Crippen molar-refractivity contribution in [2.24, 2.45) is 0 Å². The summed E-state index contributed by atoms with van der Waals surface area (Å²) < 4.78 is 13.8. The summed E-state index contributed by atoms with van der Waals surface area (Å²) in [5.41, 5.74) is 1.67. The molecule has 0 amide bonds. The first-order valence-electron chi connectivity index (χ1n) is 5.86. The summed E-state index contributed by atoms with van der Waals surface area (Å²) in [6.45, 7) is 0. The Hall–Kier alpha value is -0.570. The predicted molar refractivity (Wildman–Crippen MR) is 83.1 cm³/mol. The lowest BCUT2D eigenvalue weighted by Crippen LogP contribution is -2.06. The van der Waals surface area contributed by atoms with E-state index in [1.54, 1.807) is 12.1 Å². The molecule has 0 heterocycles. The molecule has 0 fully saturated rings. The lowest BCUT2D eigenvalue weighted by Gasteiger charge is -2.16. The zero-order valence-electron chi connectivity index (χ0n) is 10.0. The third-order valence-corrected chi connectivity index (χ3v) is 4.37. The topological polar surface area (TPSA) is 0 Å². The van der Waals surface area contributed by atoms with Gasteiger partial charge in [0.05, 0.1) is 0 Å². The average molecular weight is 362 g/mol. The van der Waals surface area contributed by atoms with Crippen LogP contribution in [0.25, 0.3) is 0 Å². The summed E-state index contributed by atoms with van der Waals surface area (Å²) in [7, 11) is 0. The maximum atomic E-state index is 13.8. The second-order valence-corrected chi connectivity index (χ2v) is 5.80. The fraction of sp³-hybridized carbons (Fsp3) is 0.200. The van der Waals surface area contributed by atoms with Crippen LogP contribution in [0.5, 0.6) is 0 Å². The summed E-state index contributed by atoms with van der Waals surface area (Å²) in [6, 6.07) is 12.4. The number of hydrogen-bond acceptors (Lipinski definition) is 0. The van der Waals surface area contributed by atoms with Crippen LogP contribution in [0.3, 0.4) is 0 Å². The van der Waals surface area contributed by atoms with Crippen molar-refractivity contribution in [3.05, 3.63) is 69.5 Å². The first-order chi connectivity index (χ1) is 9.11. The Morgan fingerprint density at radius 3 is 2.47 bits per heavy atom. The van der Waals surface area contributed by atoms with Crippen molar-refractivity contribution in [3.8, 4) is 0 Å². The Morgan fingerprint density at radius 2 is 1.84 bits per heavy atom. The van der Waals surface area contributed by atoms with Crippen molar-refractivity contribution in [1.29, 1.82) is 0 Å². The fourth-order valence-corrected chi connectivity index (χ4v) is 3.03. The van der Waals surface area contributed by atoms with E-state index in [0.29, 0.717) is 22.0 Å². The minimum Gasteiger partial charge on any atom is -0.207 e. The van der Waals surface area contributed by atoms with Crippen LogP contribution in [0.4, 0.5) is 4.39 Å². The van der Waals surface area contributed by atoms with Gasteiger partial charge in [-0.05, 0) is 41.7 Å². The van der Waals surface area contributed by atoms with E-state index < -0.39 is 0 Å². The monoisotopic (exact) mass is 360 g/mol. The van der Waals surface area contributed by atoms with Gasteiger partial charge in [-0.1, -0.05) is 63.4 Å². The summed E-state index contributed by atoms with van der Waals surface area (Å²) in [6.07, 6.45) is 0.581. The molecule has 0 bridgehead atoms. The molecule has 0 spiro atoms. The number of benzene rings is 2. The summed E-state index contributed by atoms with van der Waals surface area (Å²) in [5.74, 6) is -0.144. The Morgan fingerprint density at radius 1 is 1.11 bits per heavy atom. The quantitative estimate of drug-likeness (QED) is 0.599. The van der Waals surface area contributed by atoms with E-state index in [9.17, 15) is 4.39 Å². The van der Waals surface area contributed by atoms with Crippen LogP contribution in [0, 0.1) is 5.82 Å². The Balaban J connectivity index is 2.27. The third-order valence-electron chi connectivity index (χ3n) is 3.01. The van der Waals surface area contributed by atoms with Crippen LogP contribution in [0.2, 0.25) is 10.0 Å². The SMILES string of the molecule is Fc1cc(Cl)ccc1CC(CBr)c1ccccc1Cl. The van der Waals surface area contributed by atoms with E-state index in [0.717, 1.165) is 10.9 Å². The summed E-state index contributed by atoms with van der Waals surface area (Å²) >= 11 is 15.4. The van der Waals surface area contributed by atoms with Gasteiger partial charge < -0.3 is 0 Å². The molecule has 2 aromatic carbocycles. The molecular formula is C15H12BrCl2F. The zero-order valence-corrected chi connectivity index (χ0v) is 13.1. The van der Waals surface area contributed by atoms with Crippen LogP contribution < -0.4 is 0 Å². The van der Waals surface area contributed by atoms with Crippen LogP contribution in [0.15, 0.2) is 42.5 Å². The molecule has 1 atom stereocenters. The second-order valence-electron chi connectivity index (χ2n) is 4.31. The second kappa shape index (κ2) is 6.74. The summed E-state index contributed by atoms with van der Waals surface area (Å²) in [4.78, 5) is 0. The predicted octanol–water partition coefficient (Wildman–Crippen LogP) is 5.85. The highest BCUT2D eigenvalue weighted by molar-refractivity contribution is 9.09. The summed E-state index contributed by atoms with van der Waals surface area (Å²) in [5, 5.41) is 1.84. The average Bonchev–Trinajstić information content (AvgIpc) is 2.39. The molecule has 2 rings (SSSR count). The van der Waals surface area contributed by atoms with Crippen LogP contribution in [0.1, 0.15) is 17.0 Å². The maximum Gasteiger partial charge on any atom is 0.127 e. The van der Waals surface area contributed by atoms with Crippen LogP contribution in [-0.4, -0.2) is 5.33 Å². The molecule has 0 aliphatic carbocycles. The van der Waals surface area contributed by atoms with Crippen molar-refractivity contribution < 1.29 is 4.39 Å². The molecule has 0 radical (unpaired) electrons. The molecule has 0 saturated carbocycles. The van der Waals surface area contributed by atoms with Crippen molar-refractivity contribution in [2.45, 2.75) is 12.3 Å². The van der Waals surface area contributed by atoms with Gasteiger partial charge in [-0.15, -0.1) is 0 Å². The van der Waals surface area contributed by atoms with Crippen molar-refractivity contribution >= 4 is 39.1 Å². The van der Waals surface area contributed by atoms with E-state index in [-0.39, 0.29) is 11.7 Å². The van der Waals surface area contributed by atoms with Crippen molar-refractivity contribution in [2.75, 3.05) is 5.33 Å². The molecule has 0 N–H and O–H groups in total. The van der Waals surface area contributed by atoms with Gasteiger partial charge in [-0.3, -0.25) is 0 Å². The molecule has 0 aliphatic rings. The number of alkyl halides is 1. The molecule has 100 valence electrons. The van der Waals surface area contributed by atoms with E-state index in [1.165, 1.54) is 6.07 Å². The minimum atomic E-state index is -0.273. The first-order valence-corrected chi connectivity index (χ1v) is 7.74. The van der Waals surface area contributed by atoms with Gasteiger partial charge in [0.1, 0.15) is 5.82 Å². The van der Waals surface area contributed by atoms with E-state index >= 15 is 0 Å². The van der Waals surface area contributed by atoms with Gasteiger partial charge in [0.2, 0.25) is 0 Å². The minimum absolute atomic E-state index is 0.129. The van der Waals surface area contributed by atoms with Gasteiger partial charge in [-0.25, -0.2) is 4.39 Å². The molecule has 0 nitrogen and oxygen atoms in total. The Bertz CT molecular complexity index is 572. The molecule has 2 aromatic rings. The largest absolute Gasteiger partial charge is 0.207 e. The van der Waals surface area contributed by atoms with E-state index in [1.807, 2.05) is 24.3 Å². The molecular weight excluding hydrogens is 350 g/mol. The molecule has 0 saturated heterocycles.